The Labute approximate surface area is 134 Å². The van der Waals surface area contributed by atoms with Crippen molar-refractivity contribution in [3.8, 4) is 11.3 Å². The topological polar surface area (TPSA) is 45.5 Å². The van der Waals surface area contributed by atoms with Gasteiger partial charge in [-0.2, -0.15) is 0 Å². The third-order valence-corrected chi connectivity index (χ3v) is 3.72. The molecule has 4 nitrogen and oxygen atoms in total. The predicted molar refractivity (Wildman–Crippen MR) is 84.7 cm³/mol. The first-order chi connectivity index (χ1) is 10.2. The molecule has 6 heteroatoms. The molecule has 1 aromatic carbocycles. The third-order valence-electron chi connectivity index (χ3n) is 3.72. The normalized spacial score (nSPS) is 17.9. The van der Waals surface area contributed by atoms with E-state index in [1.807, 2.05) is 6.92 Å². The van der Waals surface area contributed by atoms with E-state index in [9.17, 15) is 9.18 Å². The number of halogens is 2. The van der Waals surface area contributed by atoms with Crippen LogP contribution in [0.3, 0.4) is 0 Å². The van der Waals surface area contributed by atoms with Gasteiger partial charge < -0.3 is 14.6 Å². The van der Waals surface area contributed by atoms with Crippen LogP contribution in [0.4, 0.5) is 4.39 Å². The number of rotatable bonds is 2. The van der Waals surface area contributed by atoms with Gasteiger partial charge in [0.15, 0.2) is 5.76 Å². The number of piperazine rings is 1. The number of hydrogen-bond donors (Lipinski definition) is 1. The molecule has 1 aliphatic rings. The van der Waals surface area contributed by atoms with Crippen molar-refractivity contribution < 1.29 is 13.6 Å². The molecule has 118 valence electrons. The molecular weight excluding hydrogens is 307 g/mol. The average Bonchev–Trinajstić information content (AvgIpc) is 2.97. The van der Waals surface area contributed by atoms with Crippen molar-refractivity contribution in [3.05, 3.63) is 48.0 Å². The maximum absolute atomic E-state index is 13.7. The highest BCUT2D eigenvalue weighted by Crippen LogP contribution is 2.25. The van der Waals surface area contributed by atoms with Gasteiger partial charge in [0.05, 0.1) is 5.56 Å². The smallest absolute Gasteiger partial charge is 0.289 e. The monoisotopic (exact) mass is 324 g/mol. The zero-order chi connectivity index (χ0) is 14.8. The summed E-state index contributed by atoms with van der Waals surface area (Å²) in [5.41, 5.74) is 0.366. The summed E-state index contributed by atoms with van der Waals surface area (Å²) in [6, 6.07) is 9.73. The van der Waals surface area contributed by atoms with Gasteiger partial charge in [0, 0.05) is 25.7 Å². The largest absolute Gasteiger partial charge is 0.451 e. The second kappa shape index (κ2) is 6.94. The maximum atomic E-state index is 13.7. The summed E-state index contributed by atoms with van der Waals surface area (Å²) < 4.78 is 19.3. The van der Waals surface area contributed by atoms with Gasteiger partial charge in [-0.3, -0.25) is 4.79 Å². The first-order valence-electron chi connectivity index (χ1n) is 7.03. The molecule has 1 atom stereocenters. The highest BCUT2D eigenvalue weighted by Gasteiger charge is 2.26. The van der Waals surface area contributed by atoms with Crippen LogP contribution in [0.25, 0.3) is 11.3 Å². The minimum Gasteiger partial charge on any atom is -0.451 e. The number of benzene rings is 1. The first kappa shape index (κ1) is 16.5. The highest BCUT2D eigenvalue weighted by atomic mass is 35.5. The number of carbonyl (C=O) groups is 1. The number of hydrogen-bond acceptors (Lipinski definition) is 3. The van der Waals surface area contributed by atoms with E-state index in [1.54, 1.807) is 35.2 Å². The fraction of sp³-hybridized carbons (Fsp3) is 0.312. The van der Waals surface area contributed by atoms with Gasteiger partial charge in [-0.15, -0.1) is 12.4 Å². The zero-order valence-corrected chi connectivity index (χ0v) is 13.0. The van der Waals surface area contributed by atoms with Crippen molar-refractivity contribution in [3.63, 3.8) is 0 Å². The molecule has 1 aliphatic heterocycles. The number of carbonyl (C=O) groups excluding carboxylic acids is 1. The fourth-order valence-electron chi connectivity index (χ4n) is 2.54. The van der Waals surface area contributed by atoms with E-state index >= 15 is 0 Å². The third kappa shape index (κ3) is 3.15. The molecule has 0 spiro atoms. The number of amides is 1. The van der Waals surface area contributed by atoms with Gasteiger partial charge >= 0.3 is 0 Å². The molecule has 1 saturated heterocycles. The van der Waals surface area contributed by atoms with Gasteiger partial charge in [-0.25, -0.2) is 4.39 Å². The summed E-state index contributed by atoms with van der Waals surface area (Å²) in [4.78, 5) is 14.2. The SMILES string of the molecule is C[C@@H]1CNCCN1C(=O)c1ccc(-c2ccccc2F)o1.Cl. The lowest BCUT2D eigenvalue weighted by molar-refractivity contribution is 0.0624. The Morgan fingerprint density at radius 3 is 2.82 bits per heavy atom. The molecule has 0 bridgehead atoms. The highest BCUT2D eigenvalue weighted by molar-refractivity contribution is 5.92. The van der Waals surface area contributed by atoms with Crippen molar-refractivity contribution in [1.29, 1.82) is 0 Å². The Morgan fingerprint density at radius 2 is 2.09 bits per heavy atom. The Morgan fingerprint density at radius 1 is 1.32 bits per heavy atom. The fourth-order valence-corrected chi connectivity index (χ4v) is 2.54. The van der Waals surface area contributed by atoms with Crippen LogP contribution >= 0.6 is 12.4 Å². The summed E-state index contributed by atoms with van der Waals surface area (Å²) in [6.07, 6.45) is 0. The van der Waals surface area contributed by atoms with Crippen molar-refractivity contribution in [2.75, 3.05) is 19.6 Å². The molecule has 1 N–H and O–H groups in total. The van der Waals surface area contributed by atoms with Crippen LogP contribution < -0.4 is 5.32 Å². The van der Waals surface area contributed by atoms with Gasteiger partial charge in [-0.1, -0.05) is 12.1 Å². The van der Waals surface area contributed by atoms with Gasteiger partial charge in [-0.05, 0) is 31.2 Å². The van der Waals surface area contributed by atoms with Crippen molar-refractivity contribution in [1.82, 2.24) is 10.2 Å². The Balaban J connectivity index is 0.00000176. The predicted octanol–water partition coefficient (Wildman–Crippen LogP) is 2.94. The van der Waals surface area contributed by atoms with Crippen LogP contribution in [0, 0.1) is 5.82 Å². The molecule has 0 saturated carbocycles. The molecule has 22 heavy (non-hydrogen) atoms. The molecule has 3 rings (SSSR count). The lowest BCUT2D eigenvalue weighted by Gasteiger charge is -2.33. The van der Waals surface area contributed by atoms with E-state index in [2.05, 4.69) is 5.32 Å². The number of furan rings is 1. The molecule has 1 fully saturated rings. The maximum Gasteiger partial charge on any atom is 0.289 e. The van der Waals surface area contributed by atoms with Crippen molar-refractivity contribution in [2.24, 2.45) is 0 Å². The molecule has 0 radical (unpaired) electrons. The van der Waals surface area contributed by atoms with E-state index < -0.39 is 0 Å². The molecule has 2 aromatic rings. The van der Waals surface area contributed by atoms with Crippen LogP contribution in [0.1, 0.15) is 17.5 Å². The van der Waals surface area contributed by atoms with Crippen LogP contribution in [-0.4, -0.2) is 36.5 Å². The molecule has 1 aromatic heterocycles. The minimum atomic E-state index is -0.360. The van der Waals surface area contributed by atoms with E-state index in [1.165, 1.54) is 6.07 Å². The van der Waals surface area contributed by atoms with Gasteiger partial charge in [0.2, 0.25) is 0 Å². The summed E-state index contributed by atoms with van der Waals surface area (Å²) in [7, 11) is 0. The van der Waals surface area contributed by atoms with Crippen molar-refractivity contribution in [2.45, 2.75) is 13.0 Å². The number of nitrogens with zero attached hydrogens (tertiary/aromatic N) is 1. The average molecular weight is 325 g/mol. The summed E-state index contributed by atoms with van der Waals surface area (Å²) in [6.45, 7) is 4.18. The van der Waals surface area contributed by atoms with E-state index in [0.717, 1.165) is 13.1 Å². The van der Waals surface area contributed by atoms with Gasteiger partial charge in [0.1, 0.15) is 11.6 Å². The summed E-state index contributed by atoms with van der Waals surface area (Å²) in [5, 5.41) is 3.24. The minimum absolute atomic E-state index is 0. The summed E-state index contributed by atoms with van der Waals surface area (Å²) >= 11 is 0. The first-order valence-corrected chi connectivity index (χ1v) is 7.03. The number of nitrogens with one attached hydrogen (secondary N) is 1. The molecule has 0 aliphatic carbocycles. The van der Waals surface area contributed by atoms with Crippen LogP contribution in [0.15, 0.2) is 40.8 Å². The van der Waals surface area contributed by atoms with Crippen molar-refractivity contribution >= 4 is 18.3 Å². The molecule has 1 amide bonds. The second-order valence-electron chi connectivity index (χ2n) is 5.20. The quantitative estimate of drug-likeness (QED) is 0.924. The zero-order valence-electron chi connectivity index (χ0n) is 12.2. The van der Waals surface area contributed by atoms with Crippen LogP contribution in [0.5, 0.6) is 0 Å². The van der Waals surface area contributed by atoms with Crippen LogP contribution in [0.2, 0.25) is 0 Å². The Kier molecular flexibility index (Phi) is 5.21. The van der Waals surface area contributed by atoms with E-state index in [4.69, 9.17) is 4.42 Å². The molecule has 0 unspecified atom stereocenters. The lowest BCUT2D eigenvalue weighted by atomic mass is 10.1. The van der Waals surface area contributed by atoms with E-state index in [-0.39, 0.29) is 35.9 Å². The lowest BCUT2D eigenvalue weighted by Crippen LogP contribution is -2.52. The van der Waals surface area contributed by atoms with E-state index in [0.29, 0.717) is 17.9 Å². The second-order valence-corrected chi connectivity index (χ2v) is 5.20. The Bertz CT molecular complexity index is 659. The van der Waals surface area contributed by atoms with Gasteiger partial charge in [0.25, 0.3) is 5.91 Å². The van der Waals surface area contributed by atoms with Crippen LogP contribution in [-0.2, 0) is 0 Å². The molecule has 2 heterocycles. The standard InChI is InChI=1S/C16H17FN2O2.ClH/c1-11-10-18-8-9-19(11)16(20)15-7-6-14(21-15)12-4-2-3-5-13(12)17;/h2-7,11,18H,8-10H2,1H3;1H/t11-;/m1./s1. The Hall–Kier alpha value is -1.85. The molecular formula is C16H18ClFN2O2. The summed E-state index contributed by atoms with van der Waals surface area (Å²) in [5.74, 6) is 0.120.